The molecule has 162 valence electrons. The summed E-state index contributed by atoms with van der Waals surface area (Å²) < 4.78 is 0. The molecule has 0 unspecified atom stereocenters. The molecular formula is C25H35N3O2. The van der Waals surface area contributed by atoms with Gasteiger partial charge in [0.25, 0.3) is 0 Å². The fourth-order valence-corrected chi connectivity index (χ4v) is 5.67. The number of rotatable bonds is 5. The number of likely N-dealkylation sites (tertiary alicyclic amines) is 1. The van der Waals surface area contributed by atoms with Crippen LogP contribution in [0, 0.1) is 11.8 Å². The summed E-state index contributed by atoms with van der Waals surface area (Å²) in [5, 5.41) is 0. The van der Waals surface area contributed by atoms with Crippen molar-refractivity contribution in [2.45, 2.75) is 76.8 Å². The Labute approximate surface area is 180 Å². The van der Waals surface area contributed by atoms with Crippen LogP contribution in [0.25, 0.3) is 0 Å². The number of anilines is 2. The van der Waals surface area contributed by atoms with Crippen molar-refractivity contribution >= 4 is 23.2 Å². The lowest BCUT2D eigenvalue weighted by atomic mass is 9.85. The zero-order valence-corrected chi connectivity index (χ0v) is 18.3. The van der Waals surface area contributed by atoms with Gasteiger partial charge < -0.3 is 14.7 Å². The molecule has 0 aromatic heterocycles. The summed E-state index contributed by atoms with van der Waals surface area (Å²) in [6.07, 6.45) is 9.57. The molecule has 4 fully saturated rings. The molecule has 2 heterocycles. The molecular weight excluding hydrogens is 374 g/mol. The number of amides is 2. The summed E-state index contributed by atoms with van der Waals surface area (Å²) in [5.74, 6) is 0.906. The SMILES string of the molecule is CC1CCC(N(C(=O)[C@H]2CC(=O)N(C3CC3)C2)c2cccc(N3CCCC3)c2)CC1. The first-order chi connectivity index (χ1) is 14.6. The van der Waals surface area contributed by atoms with Crippen molar-refractivity contribution in [2.24, 2.45) is 11.8 Å². The maximum Gasteiger partial charge on any atom is 0.232 e. The predicted molar refractivity (Wildman–Crippen MR) is 120 cm³/mol. The molecule has 1 aromatic carbocycles. The van der Waals surface area contributed by atoms with Gasteiger partial charge in [0, 0.05) is 49.5 Å². The Morgan fingerprint density at radius 3 is 2.47 bits per heavy atom. The lowest BCUT2D eigenvalue weighted by Crippen LogP contribution is -2.46. The quantitative estimate of drug-likeness (QED) is 0.732. The van der Waals surface area contributed by atoms with E-state index in [4.69, 9.17) is 0 Å². The average molecular weight is 410 g/mol. The van der Waals surface area contributed by atoms with Crippen LogP contribution in [0.1, 0.15) is 64.7 Å². The zero-order valence-electron chi connectivity index (χ0n) is 18.3. The van der Waals surface area contributed by atoms with E-state index in [0.717, 1.165) is 50.4 Å². The van der Waals surface area contributed by atoms with Gasteiger partial charge in [0.15, 0.2) is 0 Å². The van der Waals surface area contributed by atoms with Gasteiger partial charge in [-0.15, -0.1) is 0 Å². The molecule has 2 saturated heterocycles. The molecule has 1 atom stereocenters. The van der Waals surface area contributed by atoms with Crippen molar-refractivity contribution in [3.63, 3.8) is 0 Å². The van der Waals surface area contributed by atoms with Gasteiger partial charge in [0.2, 0.25) is 11.8 Å². The molecule has 0 bridgehead atoms. The second-order valence-electron chi connectivity index (χ2n) is 10.0. The van der Waals surface area contributed by atoms with Crippen LogP contribution in [-0.4, -0.2) is 48.4 Å². The van der Waals surface area contributed by atoms with Gasteiger partial charge in [0.05, 0.1) is 5.92 Å². The van der Waals surface area contributed by atoms with Crippen molar-refractivity contribution in [2.75, 3.05) is 29.4 Å². The van der Waals surface area contributed by atoms with Crippen LogP contribution in [-0.2, 0) is 9.59 Å². The predicted octanol–water partition coefficient (Wildman–Crippen LogP) is 4.21. The van der Waals surface area contributed by atoms with Gasteiger partial charge >= 0.3 is 0 Å². The van der Waals surface area contributed by atoms with Crippen LogP contribution in [0.15, 0.2) is 24.3 Å². The van der Waals surface area contributed by atoms with Gasteiger partial charge in [-0.25, -0.2) is 0 Å². The summed E-state index contributed by atoms with van der Waals surface area (Å²) in [4.78, 5) is 32.9. The molecule has 0 N–H and O–H groups in total. The topological polar surface area (TPSA) is 43.9 Å². The normalized spacial score (nSPS) is 29.5. The highest BCUT2D eigenvalue weighted by Gasteiger charge is 2.44. The van der Waals surface area contributed by atoms with Crippen molar-refractivity contribution < 1.29 is 9.59 Å². The largest absolute Gasteiger partial charge is 0.371 e. The first-order valence-corrected chi connectivity index (χ1v) is 12.1. The molecule has 2 aliphatic carbocycles. The highest BCUT2D eigenvalue weighted by atomic mass is 16.2. The molecule has 4 aliphatic rings. The summed E-state index contributed by atoms with van der Waals surface area (Å²) in [6.45, 7) is 5.14. The van der Waals surface area contributed by atoms with Crippen LogP contribution in [0.2, 0.25) is 0 Å². The van der Waals surface area contributed by atoms with Gasteiger partial charge in [0.1, 0.15) is 0 Å². The van der Waals surface area contributed by atoms with Gasteiger partial charge in [-0.1, -0.05) is 13.0 Å². The van der Waals surface area contributed by atoms with E-state index in [1.54, 1.807) is 0 Å². The van der Waals surface area contributed by atoms with Gasteiger partial charge in [-0.05, 0) is 75.5 Å². The molecule has 5 nitrogen and oxygen atoms in total. The molecule has 2 aliphatic heterocycles. The number of nitrogens with zero attached hydrogens (tertiary/aromatic N) is 3. The molecule has 1 aromatic rings. The third-order valence-corrected chi connectivity index (χ3v) is 7.66. The first kappa shape index (κ1) is 19.9. The molecule has 5 heteroatoms. The van der Waals surface area contributed by atoms with E-state index in [-0.39, 0.29) is 23.8 Å². The Balaban J connectivity index is 1.41. The Kier molecular flexibility index (Phi) is 5.46. The standard InChI is InChI=1S/C25H35N3O2/c1-18-7-9-21(10-8-18)28(23-6-4-5-22(16-23)26-13-2-3-14-26)25(30)19-15-24(29)27(17-19)20-11-12-20/h4-6,16,18-21H,2-3,7-15,17H2,1H3/t18?,19-,21?/m0/s1. The Morgan fingerprint density at radius 1 is 1.03 bits per heavy atom. The minimum Gasteiger partial charge on any atom is -0.371 e. The number of hydrogen-bond donors (Lipinski definition) is 0. The van der Waals surface area contributed by atoms with Crippen molar-refractivity contribution in [3.05, 3.63) is 24.3 Å². The second kappa shape index (κ2) is 8.24. The first-order valence-electron chi connectivity index (χ1n) is 12.1. The molecule has 0 spiro atoms. The fraction of sp³-hybridized carbons (Fsp3) is 0.680. The third-order valence-electron chi connectivity index (χ3n) is 7.66. The van der Waals surface area contributed by atoms with Crippen molar-refractivity contribution in [3.8, 4) is 0 Å². The van der Waals surface area contributed by atoms with E-state index < -0.39 is 0 Å². The number of hydrogen-bond acceptors (Lipinski definition) is 3. The molecule has 2 amide bonds. The van der Waals surface area contributed by atoms with E-state index in [1.807, 2.05) is 4.90 Å². The number of carbonyl (C=O) groups excluding carboxylic acids is 2. The Morgan fingerprint density at radius 2 is 1.77 bits per heavy atom. The van der Waals surface area contributed by atoms with E-state index in [9.17, 15) is 9.59 Å². The lowest BCUT2D eigenvalue weighted by molar-refractivity contribution is -0.129. The molecule has 30 heavy (non-hydrogen) atoms. The maximum atomic E-state index is 13.8. The van der Waals surface area contributed by atoms with Crippen LogP contribution < -0.4 is 9.80 Å². The van der Waals surface area contributed by atoms with Crippen LogP contribution >= 0.6 is 0 Å². The van der Waals surface area contributed by atoms with E-state index in [1.165, 1.54) is 31.4 Å². The van der Waals surface area contributed by atoms with Gasteiger partial charge in [-0.2, -0.15) is 0 Å². The molecule has 0 radical (unpaired) electrons. The minimum absolute atomic E-state index is 0.171. The second-order valence-corrected chi connectivity index (χ2v) is 10.0. The molecule has 2 saturated carbocycles. The summed E-state index contributed by atoms with van der Waals surface area (Å²) in [7, 11) is 0. The summed E-state index contributed by atoms with van der Waals surface area (Å²) in [6, 6.07) is 9.26. The van der Waals surface area contributed by atoms with E-state index in [2.05, 4.69) is 41.0 Å². The van der Waals surface area contributed by atoms with E-state index >= 15 is 0 Å². The number of carbonyl (C=O) groups is 2. The van der Waals surface area contributed by atoms with Crippen molar-refractivity contribution in [1.29, 1.82) is 0 Å². The average Bonchev–Trinajstić information content (AvgIpc) is 3.29. The van der Waals surface area contributed by atoms with Crippen LogP contribution in [0.4, 0.5) is 11.4 Å². The van der Waals surface area contributed by atoms with Crippen molar-refractivity contribution in [1.82, 2.24) is 4.90 Å². The monoisotopic (exact) mass is 409 g/mol. The third kappa shape index (κ3) is 3.95. The van der Waals surface area contributed by atoms with E-state index in [0.29, 0.717) is 19.0 Å². The highest BCUT2D eigenvalue weighted by molar-refractivity contribution is 6.00. The molecule has 5 rings (SSSR count). The van der Waals surface area contributed by atoms with Crippen LogP contribution in [0.5, 0.6) is 0 Å². The number of benzene rings is 1. The Hall–Kier alpha value is -2.04. The minimum atomic E-state index is -0.187. The summed E-state index contributed by atoms with van der Waals surface area (Å²) >= 11 is 0. The van der Waals surface area contributed by atoms with Crippen LogP contribution in [0.3, 0.4) is 0 Å². The van der Waals surface area contributed by atoms with Gasteiger partial charge in [-0.3, -0.25) is 9.59 Å². The lowest BCUT2D eigenvalue weighted by Gasteiger charge is -2.38. The fourth-order valence-electron chi connectivity index (χ4n) is 5.67. The summed E-state index contributed by atoms with van der Waals surface area (Å²) in [5.41, 5.74) is 2.26. The highest BCUT2D eigenvalue weighted by Crippen LogP contribution is 2.37. The maximum absolute atomic E-state index is 13.8. The Bertz CT molecular complexity index is 791. The zero-order chi connectivity index (χ0) is 20.7. The smallest absolute Gasteiger partial charge is 0.232 e.